The maximum Gasteiger partial charge on any atom is 0.321 e. The Morgan fingerprint density at radius 2 is 2.00 bits per heavy atom. The quantitative estimate of drug-likeness (QED) is 0.879. The molecule has 0 saturated carbocycles. The summed E-state index contributed by atoms with van der Waals surface area (Å²) in [4.78, 5) is 10.4. The zero-order chi connectivity index (χ0) is 13.9. The Morgan fingerprint density at radius 1 is 1.44 bits per heavy atom. The molecule has 0 aromatic heterocycles. The van der Waals surface area contributed by atoms with Gasteiger partial charge in [0.1, 0.15) is 16.8 Å². The van der Waals surface area contributed by atoms with E-state index in [4.69, 9.17) is 5.11 Å². The maximum atomic E-state index is 13.5. The standard InChI is InChI=1S/C11H14FNO4S/c1-3-9(11(14)15)13(2)18(16,17)10-7-5-4-6-8(10)12/h4-7,9H,3H2,1-2H3,(H,14,15). The number of halogens is 1. The van der Waals surface area contributed by atoms with E-state index in [0.29, 0.717) is 4.31 Å². The lowest BCUT2D eigenvalue weighted by atomic mass is 10.2. The number of likely N-dealkylation sites (N-methyl/N-ethyl adjacent to an activating group) is 1. The van der Waals surface area contributed by atoms with E-state index in [9.17, 15) is 17.6 Å². The molecule has 1 N–H and O–H groups in total. The Balaban J connectivity index is 3.23. The first-order valence-electron chi connectivity index (χ1n) is 5.27. The highest BCUT2D eigenvalue weighted by Gasteiger charge is 2.32. The Labute approximate surface area is 105 Å². The molecule has 0 saturated heterocycles. The SMILES string of the molecule is CCC(C(=O)O)N(C)S(=O)(=O)c1ccccc1F. The van der Waals surface area contributed by atoms with Crippen molar-refractivity contribution in [2.24, 2.45) is 0 Å². The maximum absolute atomic E-state index is 13.5. The van der Waals surface area contributed by atoms with Crippen LogP contribution in [-0.2, 0) is 14.8 Å². The van der Waals surface area contributed by atoms with E-state index in [1.165, 1.54) is 12.1 Å². The topological polar surface area (TPSA) is 74.7 Å². The summed E-state index contributed by atoms with van der Waals surface area (Å²) in [5.41, 5.74) is 0. The number of rotatable bonds is 5. The Bertz CT molecular complexity index is 544. The molecule has 1 rings (SSSR count). The Kier molecular flexibility index (Phi) is 4.42. The van der Waals surface area contributed by atoms with Crippen LogP contribution in [0.15, 0.2) is 29.2 Å². The van der Waals surface area contributed by atoms with E-state index in [2.05, 4.69) is 0 Å². The van der Waals surface area contributed by atoms with Crippen LogP contribution in [0.4, 0.5) is 4.39 Å². The Morgan fingerprint density at radius 3 is 2.44 bits per heavy atom. The second-order valence-corrected chi connectivity index (χ2v) is 5.68. The number of nitrogens with zero attached hydrogens (tertiary/aromatic N) is 1. The number of sulfonamides is 1. The summed E-state index contributed by atoms with van der Waals surface area (Å²) in [5.74, 6) is -2.16. The number of aliphatic carboxylic acids is 1. The van der Waals surface area contributed by atoms with Gasteiger partial charge in [-0.2, -0.15) is 4.31 Å². The summed E-state index contributed by atoms with van der Waals surface area (Å²) in [6.07, 6.45) is 0.0967. The van der Waals surface area contributed by atoms with Gasteiger partial charge in [0.2, 0.25) is 10.0 Å². The van der Waals surface area contributed by atoms with Crippen molar-refractivity contribution in [1.29, 1.82) is 0 Å². The highest BCUT2D eigenvalue weighted by atomic mass is 32.2. The van der Waals surface area contributed by atoms with Crippen LogP contribution in [0.5, 0.6) is 0 Å². The van der Waals surface area contributed by atoms with Gasteiger partial charge < -0.3 is 5.11 Å². The average Bonchev–Trinajstić information content (AvgIpc) is 2.29. The van der Waals surface area contributed by atoms with Gasteiger partial charge >= 0.3 is 5.97 Å². The van der Waals surface area contributed by atoms with Crippen molar-refractivity contribution >= 4 is 16.0 Å². The van der Waals surface area contributed by atoms with Crippen molar-refractivity contribution in [1.82, 2.24) is 4.31 Å². The predicted octanol–water partition coefficient (Wildman–Crippen LogP) is 1.31. The summed E-state index contributed by atoms with van der Waals surface area (Å²) >= 11 is 0. The third-order valence-electron chi connectivity index (χ3n) is 2.60. The zero-order valence-electron chi connectivity index (χ0n) is 10.00. The van der Waals surface area contributed by atoms with Gasteiger partial charge in [-0.25, -0.2) is 12.8 Å². The largest absolute Gasteiger partial charge is 0.480 e. The van der Waals surface area contributed by atoms with Crippen molar-refractivity contribution in [2.75, 3.05) is 7.05 Å². The van der Waals surface area contributed by atoms with Crippen molar-refractivity contribution in [3.8, 4) is 0 Å². The minimum Gasteiger partial charge on any atom is -0.480 e. The fraction of sp³-hybridized carbons (Fsp3) is 0.364. The molecule has 7 heteroatoms. The summed E-state index contributed by atoms with van der Waals surface area (Å²) in [6.45, 7) is 1.55. The van der Waals surface area contributed by atoms with Gasteiger partial charge in [0.05, 0.1) is 0 Å². The van der Waals surface area contributed by atoms with E-state index in [0.717, 1.165) is 19.2 Å². The molecule has 0 amide bonds. The number of carbonyl (C=O) groups is 1. The number of benzene rings is 1. The molecule has 0 heterocycles. The monoisotopic (exact) mass is 275 g/mol. The zero-order valence-corrected chi connectivity index (χ0v) is 10.8. The van der Waals surface area contributed by atoms with Gasteiger partial charge in [0.15, 0.2) is 0 Å². The van der Waals surface area contributed by atoms with Crippen LogP contribution in [0.3, 0.4) is 0 Å². The summed E-state index contributed by atoms with van der Waals surface area (Å²) in [6, 6.07) is 3.65. The van der Waals surface area contributed by atoms with E-state index >= 15 is 0 Å². The molecule has 1 atom stereocenters. The van der Waals surface area contributed by atoms with Crippen molar-refractivity contribution in [3.63, 3.8) is 0 Å². The van der Waals surface area contributed by atoms with Crippen LogP contribution >= 0.6 is 0 Å². The summed E-state index contributed by atoms with van der Waals surface area (Å²) in [7, 11) is -3.02. The minimum atomic E-state index is -4.15. The van der Waals surface area contributed by atoms with Crippen LogP contribution in [0.25, 0.3) is 0 Å². The molecule has 5 nitrogen and oxygen atoms in total. The number of hydrogen-bond donors (Lipinski definition) is 1. The molecule has 0 radical (unpaired) electrons. The molecule has 0 fully saturated rings. The summed E-state index contributed by atoms with van der Waals surface area (Å²) < 4.78 is 38.3. The third-order valence-corrected chi connectivity index (χ3v) is 4.50. The normalized spacial score (nSPS) is 13.6. The molecule has 1 aromatic carbocycles. The average molecular weight is 275 g/mol. The van der Waals surface area contributed by atoms with E-state index in [1.54, 1.807) is 6.92 Å². The lowest BCUT2D eigenvalue weighted by Gasteiger charge is -2.23. The number of hydrogen-bond acceptors (Lipinski definition) is 3. The molecule has 1 aromatic rings. The molecule has 18 heavy (non-hydrogen) atoms. The van der Waals surface area contributed by atoms with Gasteiger partial charge in [-0.1, -0.05) is 19.1 Å². The third kappa shape index (κ3) is 2.68. The van der Waals surface area contributed by atoms with Gasteiger partial charge in [-0.15, -0.1) is 0 Å². The summed E-state index contributed by atoms with van der Waals surface area (Å²) in [5, 5.41) is 8.92. The molecule has 0 aliphatic heterocycles. The van der Waals surface area contributed by atoms with Gasteiger partial charge in [-0.3, -0.25) is 4.79 Å². The highest BCUT2D eigenvalue weighted by molar-refractivity contribution is 7.89. The first-order valence-corrected chi connectivity index (χ1v) is 6.71. The Hall–Kier alpha value is -1.47. The molecule has 0 aliphatic rings. The van der Waals surface area contributed by atoms with Crippen LogP contribution in [0, 0.1) is 5.82 Å². The van der Waals surface area contributed by atoms with Crippen molar-refractivity contribution in [2.45, 2.75) is 24.3 Å². The van der Waals surface area contributed by atoms with Crippen LogP contribution in [-0.4, -0.2) is 36.9 Å². The fourth-order valence-corrected chi connectivity index (χ4v) is 3.01. The smallest absolute Gasteiger partial charge is 0.321 e. The van der Waals surface area contributed by atoms with E-state index < -0.39 is 32.7 Å². The lowest BCUT2D eigenvalue weighted by Crippen LogP contribution is -2.42. The van der Waals surface area contributed by atoms with Gasteiger partial charge in [0, 0.05) is 7.05 Å². The highest BCUT2D eigenvalue weighted by Crippen LogP contribution is 2.20. The molecule has 0 aliphatic carbocycles. The van der Waals surface area contributed by atoms with Gasteiger partial charge in [-0.05, 0) is 18.6 Å². The molecule has 0 spiro atoms. The second-order valence-electron chi connectivity index (χ2n) is 3.71. The number of carboxylic acids is 1. The molecule has 100 valence electrons. The molecular weight excluding hydrogens is 261 g/mol. The van der Waals surface area contributed by atoms with Crippen LogP contribution in [0.1, 0.15) is 13.3 Å². The van der Waals surface area contributed by atoms with E-state index in [-0.39, 0.29) is 6.42 Å². The first-order chi connectivity index (χ1) is 8.32. The fourth-order valence-electron chi connectivity index (χ4n) is 1.56. The number of carboxylic acid groups (broad SMARTS) is 1. The van der Waals surface area contributed by atoms with Gasteiger partial charge in [0.25, 0.3) is 0 Å². The van der Waals surface area contributed by atoms with Crippen LogP contribution < -0.4 is 0 Å². The lowest BCUT2D eigenvalue weighted by molar-refractivity contribution is -0.141. The van der Waals surface area contributed by atoms with Crippen LogP contribution in [0.2, 0.25) is 0 Å². The van der Waals surface area contributed by atoms with E-state index in [1.807, 2.05) is 0 Å². The molecule has 0 bridgehead atoms. The second kappa shape index (κ2) is 5.45. The van der Waals surface area contributed by atoms with Crippen molar-refractivity contribution < 1.29 is 22.7 Å². The minimum absolute atomic E-state index is 0.0967. The molecule has 1 unspecified atom stereocenters. The predicted molar refractivity (Wildman–Crippen MR) is 63.1 cm³/mol. The first kappa shape index (κ1) is 14.6. The molecular formula is C11H14FNO4S. The van der Waals surface area contributed by atoms with Crippen molar-refractivity contribution in [3.05, 3.63) is 30.1 Å².